The molecule has 1 rings (SSSR count). The van der Waals surface area contributed by atoms with Crippen LogP contribution in [0.15, 0.2) is 12.2 Å². The van der Waals surface area contributed by atoms with Crippen LogP contribution in [0.5, 0.6) is 0 Å². The molecule has 1 amide bonds. The van der Waals surface area contributed by atoms with Crippen molar-refractivity contribution >= 4 is 12.1 Å². The van der Waals surface area contributed by atoms with Crippen molar-refractivity contribution < 1.29 is 24.2 Å². The Kier molecular flexibility index (Phi) is 4.57. The van der Waals surface area contributed by atoms with E-state index in [9.17, 15) is 14.7 Å². The van der Waals surface area contributed by atoms with Crippen molar-refractivity contribution in [1.29, 1.82) is 0 Å². The van der Waals surface area contributed by atoms with E-state index in [1.807, 2.05) is 0 Å². The second-order valence-corrected chi connectivity index (χ2v) is 5.54. The van der Waals surface area contributed by atoms with Crippen LogP contribution in [0.25, 0.3) is 0 Å². The fraction of sp³-hybridized carbons (Fsp3) is 0.692. The summed E-state index contributed by atoms with van der Waals surface area (Å²) in [6.07, 6.45) is 2.86. The van der Waals surface area contributed by atoms with Gasteiger partial charge in [0.2, 0.25) is 0 Å². The van der Waals surface area contributed by atoms with Crippen molar-refractivity contribution in [3.63, 3.8) is 0 Å². The molecule has 0 radical (unpaired) electrons. The molecule has 0 spiro atoms. The molecule has 0 aromatic heterocycles. The van der Waals surface area contributed by atoms with Crippen molar-refractivity contribution in [2.75, 3.05) is 19.8 Å². The second-order valence-electron chi connectivity index (χ2n) is 5.54. The van der Waals surface area contributed by atoms with Crippen molar-refractivity contribution in [3.05, 3.63) is 12.2 Å². The van der Waals surface area contributed by atoms with Crippen LogP contribution >= 0.6 is 0 Å². The molecule has 1 heterocycles. The van der Waals surface area contributed by atoms with Gasteiger partial charge in [0.1, 0.15) is 17.7 Å². The SMILES string of the molecule is CC(=O)OC[C@@]1(CO)C=CCN1C(=O)OC(C)(C)C. The molecule has 6 heteroatoms. The summed E-state index contributed by atoms with van der Waals surface area (Å²) in [6, 6.07) is 0. The topological polar surface area (TPSA) is 76.1 Å². The number of hydrogen-bond donors (Lipinski definition) is 1. The van der Waals surface area contributed by atoms with Gasteiger partial charge >= 0.3 is 12.1 Å². The van der Waals surface area contributed by atoms with Gasteiger partial charge in [-0.15, -0.1) is 0 Å². The molecule has 0 unspecified atom stereocenters. The summed E-state index contributed by atoms with van der Waals surface area (Å²) in [5.74, 6) is -0.461. The highest BCUT2D eigenvalue weighted by atomic mass is 16.6. The highest BCUT2D eigenvalue weighted by Gasteiger charge is 2.42. The lowest BCUT2D eigenvalue weighted by molar-refractivity contribution is -0.144. The van der Waals surface area contributed by atoms with E-state index in [0.717, 1.165) is 0 Å². The quantitative estimate of drug-likeness (QED) is 0.614. The first-order chi connectivity index (χ1) is 8.70. The zero-order valence-electron chi connectivity index (χ0n) is 11.8. The number of rotatable bonds is 3. The van der Waals surface area contributed by atoms with Crippen LogP contribution in [-0.2, 0) is 14.3 Å². The van der Waals surface area contributed by atoms with Crippen LogP contribution in [-0.4, -0.2) is 53.0 Å². The first-order valence-corrected chi connectivity index (χ1v) is 6.13. The van der Waals surface area contributed by atoms with Gasteiger partial charge in [-0.05, 0) is 20.8 Å². The fourth-order valence-electron chi connectivity index (χ4n) is 1.76. The molecule has 0 aliphatic carbocycles. The van der Waals surface area contributed by atoms with E-state index < -0.39 is 23.2 Å². The smallest absolute Gasteiger partial charge is 0.411 e. The number of carbonyl (C=O) groups is 2. The number of aliphatic hydroxyl groups is 1. The van der Waals surface area contributed by atoms with Gasteiger partial charge in [0.15, 0.2) is 0 Å². The molecular formula is C13H21NO5. The van der Waals surface area contributed by atoms with Gasteiger partial charge in [0.25, 0.3) is 0 Å². The Balaban J connectivity index is 2.81. The fourth-order valence-corrected chi connectivity index (χ4v) is 1.76. The third kappa shape index (κ3) is 3.96. The molecule has 1 atom stereocenters. The average Bonchev–Trinajstić information content (AvgIpc) is 2.68. The lowest BCUT2D eigenvalue weighted by Crippen LogP contribution is -2.54. The van der Waals surface area contributed by atoms with Crippen LogP contribution in [0, 0.1) is 0 Å². The Morgan fingerprint density at radius 3 is 2.53 bits per heavy atom. The third-order valence-corrected chi connectivity index (χ3v) is 2.67. The normalized spacial score (nSPS) is 22.5. The maximum atomic E-state index is 12.1. The Morgan fingerprint density at radius 2 is 2.05 bits per heavy atom. The molecular weight excluding hydrogens is 250 g/mol. The molecule has 6 nitrogen and oxygen atoms in total. The molecule has 0 fully saturated rings. The Morgan fingerprint density at radius 1 is 1.42 bits per heavy atom. The van der Waals surface area contributed by atoms with E-state index in [1.54, 1.807) is 32.9 Å². The molecule has 1 N–H and O–H groups in total. The summed E-state index contributed by atoms with van der Waals surface area (Å²) < 4.78 is 10.2. The standard InChI is InChI=1S/C13H21NO5/c1-10(16)18-9-13(8-15)6-5-7-14(13)11(17)19-12(2,3)4/h5-6,15H,7-9H2,1-4H3/t13-/m0/s1. The van der Waals surface area contributed by atoms with E-state index in [-0.39, 0.29) is 13.2 Å². The van der Waals surface area contributed by atoms with Gasteiger partial charge in [-0.1, -0.05) is 12.2 Å². The number of hydrogen-bond acceptors (Lipinski definition) is 5. The summed E-state index contributed by atoms with van der Waals surface area (Å²) >= 11 is 0. The Labute approximate surface area is 113 Å². The molecule has 0 saturated heterocycles. The lowest BCUT2D eigenvalue weighted by Gasteiger charge is -2.36. The van der Waals surface area contributed by atoms with Crippen molar-refractivity contribution in [3.8, 4) is 0 Å². The molecule has 19 heavy (non-hydrogen) atoms. The first-order valence-electron chi connectivity index (χ1n) is 6.13. The number of esters is 1. The van der Waals surface area contributed by atoms with Gasteiger partial charge in [-0.3, -0.25) is 9.69 Å². The zero-order valence-corrected chi connectivity index (χ0v) is 11.8. The Bertz CT molecular complexity index is 385. The van der Waals surface area contributed by atoms with E-state index in [4.69, 9.17) is 9.47 Å². The van der Waals surface area contributed by atoms with Gasteiger partial charge in [0.05, 0.1) is 6.61 Å². The number of carbonyl (C=O) groups excluding carboxylic acids is 2. The van der Waals surface area contributed by atoms with Crippen LogP contribution in [0.1, 0.15) is 27.7 Å². The molecule has 108 valence electrons. The predicted molar refractivity (Wildman–Crippen MR) is 68.5 cm³/mol. The maximum Gasteiger partial charge on any atom is 0.411 e. The van der Waals surface area contributed by atoms with Gasteiger partial charge in [0, 0.05) is 13.5 Å². The van der Waals surface area contributed by atoms with E-state index in [2.05, 4.69) is 0 Å². The number of ether oxygens (including phenoxy) is 2. The third-order valence-electron chi connectivity index (χ3n) is 2.67. The number of nitrogens with zero attached hydrogens (tertiary/aromatic N) is 1. The van der Waals surface area contributed by atoms with Gasteiger partial charge in [-0.2, -0.15) is 0 Å². The highest BCUT2D eigenvalue weighted by Crippen LogP contribution is 2.26. The van der Waals surface area contributed by atoms with Gasteiger partial charge < -0.3 is 14.6 Å². The molecule has 0 aromatic rings. The van der Waals surface area contributed by atoms with Gasteiger partial charge in [-0.25, -0.2) is 4.79 Å². The van der Waals surface area contributed by atoms with E-state index in [1.165, 1.54) is 11.8 Å². The average molecular weight is 271 g/mol. The van der Waals surface area contributed by atoms with Crippen molar-refractivity contribution in [2.24, 2.45) is 0 Å². The summed E-state index contributed by atoms with van der Waals surface area (Å²) in [4.78, 5) is 24.4. The second kappa shape index (κ2) is 5.61. The molecule has 1 aliphatic heterocycles. The minimum Gasteiger partial charge on any atom is -0.463 e. The van der Waals surface area contributed by atoms with Crippen LogP contribution < -0.4 is 0 Å². The molecule has 0 bridgehead atoms. The minimum atomic E-state index is -1.03. The highest BCUT2D eigenvalue weighted by molar-refractivity contribution is 5.71. The molecule has 0 aromatic carbocycles. The van der Waals surface area contributed by atoms with E-state index in [0.29, 0.717) is 6.54 Å². The maximum absolute atomic E-state index is 12.1. The van der Waals surface area contributed by atoms with Crippen molar-refractivity contribution in [1.82, 2.24) is 4.90 Å². The number of aliphatic hydroxyl groups excluding tert-OH is 1. The monoisotopic (exact) mass is 271 g/mol. The molecule has 1 aliphatic rings. The van der Waals surface area contributed by atoms with Crippen molar-refractivity contribution in [2.45, 2.75) is 38.8 Å². The summed E-state index contributed by atoms with van der Waals surface area (Å²) in [7, 11) is 0. The molecule has 0 saturated carbocycles. The number of amides is 1. The Hall–Kier alpha value is -1.56. The zero-order chi connectivity index (χ0) is 14.7. The van der Waals surface area contributed by atoms with Crippen LogP contribution in [0.2, 0.25) is 0 Å². The predicted octanol–water partition coefficient (Wildman–Crippen LogP) is 1.09. The van der Waals surface area contributed by atoms with Crippen LogP contribution in [0.3, 0.4) is 0 Å². The first kappa shape index (κ1) is 15.5. The minimum absolute atomic E-state index is 0.0887. The largest absolute Gasteiger partial charge is 0.463 e. The lowest BCUT2D eigenvalue weighted by atomic mass is 10.0. The summed E-state index contributed by atoms with van der Waals surface area (Å²) in [5, 5.41) is 9.56. The van der Waals surface area contributed by atoms with E-state index >= 15 is 0 Å². The summed E-state index contributed by atoms with van der Waals surface area (Å²) in [6.45, 7) is 6.46. The summed E-state index contributed by atoms with van der Waals surface area (Å²) in [5.41, 5.74) is -1.66. The van der Waals surface area contributed by atoms with Crippen LogP contribution in [0.4, 0.5) is 4.79 Å².